The van der Waals surface area contributed by atoms with E-state index in [0.29, 0.717) is 5.88 Å². The zero-order valence-corrected chi connectivity index (χ0v) is 13.5. The van der Waals surface area contributed by atoms with Crippen LogP contribution in [0.15, 0.2) is 30.3 Å². The topological polar surface area (TPSA) is 16.1 Å². The lowest BCUT2D eigenvalue weighted by atomic mass is 10.0. The van der Waals surface area contributed by atoms with Crippen LogP contribution in [-0.2, 0) is 18.7 Å². The van der Waals surface area contributed by atoms with Gasteiger partial charge in [0, 0.05) is 24.3 Å². The number of benzene rings is 1. The Bertz CT molecular complexity index is 625. The maximum Gasteiger partial charge on any atom is 0.133 e. The molecule has 3 heteroatoms. The van der Waals surface area contributed by atoms with E-state index in [0.717, 1.165) is 37.4 Å². The van der Waals surface area contributed by atoms with Crippen molar-refractivity contribution in [3.63, 3.8) is 0 Å². The van der Waals surface area contributed by atoms with E-state index in [1.54, 1.807) is 0 Å². The summed E-state index contributed by atoms with van der Waals surface area (Å²) in [5.74, 6) is 1.60. The second kappa shape index (κ2) is 6.07. The molecule has 0 atom stereocenters. The van der Waals surface area contributed by atoms with Gasteiger partial charge < -0.3 is 4.90 Å². The quantitative estimate of drug-likeness (QED) is 0.778. The summed E-state index contributed by atoms with van der Waals surface area (Å²) in [5.41, 5.74) is 6.43. The fourth-order valence-corrected chi connectivity index (χ4v) is 3.48. The minimum Gasteiger partial charge on any atom is -0.356 e. The summed E-state index contributed by atoms with van der Waals surface area (Å²) in [7, 11) is 0. The van der Waals surface area contributed by atoms with Crippen molar-refractivity contribution in [1.82, 2.24) is 4.98 Å². The molecule has 0 fully saturated rings. The van der Waals surface area contributed by atoms with Crippen LogP contribution in [0.3, 0.4) is 0 Å². The predicted molar refractivity (Wildman–Crippen MR) is 89.3 cm³/mol. The molecule has 3 rings (SSSR count). The maximum absolute atomic E-state index is 6.17. The Balaban J connectivity index is 1.93. The minimum atomic E-state index is 0.526. The van der Waals surface area contributed by atoms with Crippen LogP contribution >= 0.6 is 11.6 Å². The largest absolute Gasteiger partial charge is 0.356 e. The van der Waals surface area contributed by atoms with E-state index in [-0.39, 0.29) is 0 Å². The number of hydrogen-bond acceptors (Lipinski definition) is 2. The molecule has 0 N–H and O–H groups in total. The number of hydrogen-bond donors (Lipinski definition) is 0. The number of rotatable bonds is 2. The fraction of sp³-hybridized carbons (Fsp3) is 0.389. The molecule has 0 saturated carbocycles. The summed E-state index contributed by atoms with van der Waals surface area (Å²) in [4.78, 5) is 7.17. The molecule has 2 aromatic rings. The van der Waals surface area contributed by atoms with Crippen molar-refractivity contribution in [2.45, 2.75) is 32.6 Å². The summed E-state index contributed by atoms with van der Waals surface area (Å²) < 4.78 is 0. The summed E-state index contributed by atoms with van der Waals surface area (Å²) in [5, 5.41) is 0. The zero-order chi connectivity index (χ0) is 14.8. The van der Waals surface area contributed by atoms with Crippen molar-refractivity contribution in [1.29, 1.82) is 0 Å². The Labute approximate surface area is 131 Å². The zero-order valence-electron chi connectivity index (χ0n) is 12.7. The number of nitrogens with zero attached hydrogens (tertiary/aromatic N) is 2. The SMILES string of the molecule is Cc1cc(C)c(CCl)c(N2CCc3ccccc3CC2)n1. The number of fused-ring (bicyclic) bond motifs is 1. The van der Waals surface area contributed by atoms with E-state index in [1.165, 1.54) is 22.3 Å². The molecule has 0 bridgehead atoms. The highest BCUT2D eigenvalue weighted by Crippen LogP contribution is 2.26. The molecule has 0 saturated heterocycles. The van der Waals surface area contributed by atoms with Gasteiger partial charge in [0.1, 0.15) is 5.82 Å². The summed E-state index contributed by atoms with van der Waals surface area (Å²) in [6.45, 7) is 6.21. The summed E-state index contributed by atoms with van der Waals surface area (Å²) in [6, 6.07) is 10.9. The van der Waals surface area contributed by atoms with Crippen LogP contribution in [0.1, 0.15) is 27.9 Å². The molecular weight excluding hydrogens is 280 g/mol. The molecule has 0 spiro atoms. The average Bonchev–Trinajstić information content (AvgIpc) is 2.69. The van der Waals surface area contributed by atoms with Crippen molar-refractivity contribution in [2.24, 2.45) is 0 Å². The van der Waals surface area contributed by atoms with E-state index >= 15 is 0 Å². The highest BCUT2D eigenvalue weighted by Gasteiger charge is 2.18. The second-order valence-corrected chi connectivity index (χ2v) is 6.04. The van der Waals surface area contributed by atoms with Crippen LogP contribution in [0.2, 0.25) is 0 Å². The molecule has 0 aliphatic carbocycles. The number of halogens is 1. The number of alkyl halides is 1. The van der Waals surface area contributed by atoms with Crippen LogP contribution in [-0.4, -0.2) is 18.1 Å². The van der Waals surface area contributed by atoms with Gasteiger partial charge in [0.05, 0.1) is 5.88 Å². The third-order valence-electron chi connectivity index (χ3n) is 4.31. The van der Waals surface area contributed by atoms with Crippen LogP contribution in [0, 0.1) is 13.8 Å². The Morgan fingerprint density at radius 2 is 1.71 bits per heavy atom. The third-order valence-corrected chi connectivity index (χ3v) is 4.57. The van der Waals surface area contributed by atoms with Gasteiger partial charge in [-0.1, -0.05) is 24.3 Å². The van der Waals surface area contributed by atoms with Crippen molar-refractivity contribution < 1.29 is 0 Å². The molecule has 1 aliphatic rings. The van der Waals surface area contributed by atoms with Gasteiger partial charge in [0.2, 0.25) is 0 Å². The first-order valence-electron chi connectivity index (χ1n) is 7.54. The van der Waals surface area contributed by atoms with Crippen LogP contribution in [0.25, 0.3) is 0 Å². The number of pyridine rings is 1. The van der Waals surface area contributed by atoms with Crippen LogP contribution < -0.4 is 4.90 Å². The second-order valence-electron chi connectivity index (χ2n) is 5.77. The smallest absolute Gasteiger partial charge is 0.133 e. The molecular formula is C18H21ClN2. The molecule has 1 aliphatic heterocycles. The number of aryl methyl sites for hydroxylation is 2. The Kier molecular flexibility index (Phi) is 4.16. The van der Waals surface area contributed by atoms with Gasteiger partial charge in [-0.05, 0) is 49.4 Å². The molecule has 2 heterocycles. The van der Waals surface area contributed by atoms with Crippen molar-refractivity contribution >= 4 is 17.4 Å². The van der Waals surface area contributed by atoms with Crippen LogP contribution in [0.4, 0.5) is 5.82 Å². The molecule has 21 heavy (non-hydrogen) atoms. The Morgan fingerprint density at radius 3 is 2.29 bits per heavy atom. The number of aromatic nitrogens is 1. The third kappa shape index (κ3) is 2.91. The van der Waals surface area contributed by atoms with Gasteiger partial charge in [0.25, 0.3) is 0 Å². The first kappa shape index (κ1) is 14.4. The summed E-state index contributed by atoms with van der Waals surface area (Å²) >= 11 is 6.17. The summed E-state index contributed by atoms with van der Waals surface area (Å²) in [6.07, 6.45) is 2.15. The monoisotopic (exact) mass is 300 g/mol. The lowest BCUT2D eigenvalue weighted by Gasteiger charge is -2.25. The van der Waals surface area contributed by atoms with Gasteiger partial charge >= 0.3 is 0 Å². The van der Waals surface area contributed by atoms with Crippen molar-refractivity contribution in [2.75, 3.05) is 18.0 Å². The highest BCUT2D eigenvalue weighted by molar-refractivity contribution is 6.17. The maximum atomic E-state index is 6.17. The van der Waals surface area contributed by atoms with Crippen molar-refractivity contribution in [3.8, 4) is 0 Å². The van der Waals surface area contributed by atoms with E-state index < -0.39 is 0 Å². The molecule has 2 nitrogen and oxygen atoms in total. The molecule has 0 amide bonds. The molecule has 0 unspecified atom stereocenters. The van der Waals surface area contributed by atoms with E-state index in [4.69, 9.17) is 16.6 Å². The minimum absolute atomic E-state index is 0.526. The standard InChI is InChI=1S/C18H21ClN2/c1-13-11-14(2)20-18(17(13)12-19)21-9-7-15-5-3-4-6-16(15)8-10-21/h3-6,11H,7-10,12H2,1-2H3. The van der Waals surface area contributed by atoms with E-state index in [2.05, 4.69) is 49.1 Å². The molecule has 1 aromatic heterocycles. The average molecular weight is 301 g/mol. The number of anilines is 1. The van der Waals surface area contributed by atoms with Gasteiger partial charge in [-0.25, -0.2) is 4.98 Å². The molecule has 1 aromatic carbocycles. The normalized spacial score (nSPS) is 14.7. The first-order chi connectivity index (χ1) is 10.2. The Morgan fingerprint density at radius 1 is 1.10 bits per heavy atom. The highest BCUT2D eigenvalue weighted by atomic mass is 35.5. The van der Waals surface area contributed by atoms with Gasteiger partial charge in [-0.15, -0.1) is 11.6 Å². The lowest BCUT2D eigenvalue weighted by Crippen LogP contribution is -2.28. The van der Waals surface area contributed by atoms with Gasteiger partial charge in [-0.2, -0.15) is 0 Å². The molecule has 0 radical (unpaired) electrons. The van der Waals surface area contributed by atoms with Crippen molar-refractivity contribution in [3.05, 3.63) is 58.3 Å². The van der Waals surface area contributed by atoms with Gasteiger partial charge in [0.15, 0.2) is 0 Å². The van der Waals surface area contributed by atoms with E-state index in [1.807, 2.05) is 0 Å². The fourth-order valence-electron chi connectivity index (χ4n) is 3.15. The van der Waals surface area contributed by atoms with Gasteiger partial charge in [-0.3, -0.25) is 0 Å². The van der Waals surface area contributed by atoms with Crippen LogP contribution in [0.5, 0.6) is 0 Å². The predicted octanol–water partition coefficient (Wildman–Crippen LogP) is 4.04. The van der Waals surface area contributed by atoms with E-state index in [9.17, 15) is 0 Å². The molecule has 110 valence electrons. The Hall–Kier alpha value is -1.54. The first-order valence-corrected chi connectivity index (χ1v) is 8.07. The lowest BCUT2D eigenvalue weighted by molar-refractivity contribution is 0.782.